The van der Waals surface area contributed by atoms with Crippen LogP contribution in [0.3, 0.4) is 0 Å². The van der Waals surface area contributed by atoms with Gasteiger partial charge in [0.2, 0.25) is 0 Å². The molecular weight excluding hydrogens is 284 g/mol. The van der Waals surface area contributed by atoms with Crippen molar-refractivity contribution >= 4 is 21.6 Å². The number of aromatic nitrogens is 2. The summed E-state index contributed by atoms with van der Waals surface area (Å²) in [5, 5.41) is 9.46. The number of H-pyrrole nitrogens is 1. The summed E-state index contributed by atoms with van der Waals surface area (Å²) in [5.74, 6) is 0.639. The van der Waals surface area contributed by atoms with Gasteiger partial charge in [-0.15, -0.1) is 0 Å². The largest absolute Gasteiger partial charge is 0.382 e. The zero-order chi connectivity index (χ0) is 12.3. The van der Waals surface area contributed by atoms with Crippen LogP contribution in [-0.4, -0.2) is 41.8 Å². The molecule has 94 valence electrons. The highest BCUT2D eigenvalue weighted by Gasteiger charge is 2.17. The molecular formula is C11H17BrN4O. The number of nitrogens with one attached hydrogen (secondary N) is 2. The number of hydrogen-bond acceptors (Lipinski definition) is 4. The van der Waals surface area contributed by atoms with Crippen LogP contribution in [0.5, 0.6) is 0 Å². The molecule has 1 atom stereocenters. The summed E-state index contributed by atoms with van der Waals surface area (Å²) in [6.45, 7) is 3.18. The van der Waals surface area contributed by atoms with Crippen molar-refractivity contribution in [2.24, 2.45) is 5.92 Å². The van der Waals surface area contributed by atoms with Gasteiger partial charge in [0.15, 0.2) is 0 Å². The summed E-state index contributed by atoms with van der Waals surface area (Å²) in [6, 6.07) is 0. The molecule has 1 saturated heterocycles. The monoisotopic (exact) mass is 300 g/mol. The molecule has 0 amide bonds. The predicted octanol–water partition coefficient (Wildman–Crippen LogP) is 1.29. The first kappa shape index (κ1) is 12.6. The van der Waals surface area contributed by atoms with E-state index in [9.17, 15) is 4.79 Å². The van der Waals surface area contributed by atoms with E-state index in [2.05, 4.69) is 43.4 Å². The average molecular weight is 301 g/mol. The van der Waals surface area contributed by atoms with Crippen molar-refractivity contribution in [3.63, 3.8) is 0 Å². The van der Waals surface area contributed by atoms with Crippen LogP contribution in [0.25, 0.3) is 0 Å². The summed E-state index contributed by atoms with van der Waals surface area (Å²) >= 11 is 3.26. The van der Waals surface area contributed by atoms with Gasteiger partial charge in [-0.1, -0.05) is 0 Å². The number of likely N-dealkylation sites (tertiary alicyclic amines) is 1. The molecule has 1 aromatic heterocycles. The van der Waals surface area contributed by atoms with Crippen LogP contribution < -0.4 is 10.9 Å². The molecule has 2 heterocycles. The molecule has 0 saturated carbocycles. The quantitative estimate of drug-likeness (QED) is 0.883. The molecule has 1 aromatic rings. The van der Waals surface area contributed by atoms with Crippen LogP contribution in [0.1, 0.15) is 12.8 Å². The maximum Gasteiger partial charge on any atom is 0.280 e. The third-order valence-corrected chi connectivity index (χ3v) is 3.89. The Hall–Kier alpha value is -0.880. The minimum absolute atomic E-state index is 0.198. The molecule has 0 aromatic carbocycles. The van der Waals surface area contributed by atoms with E-state index >= 15 is 0 Å². The summed E-state index contributed by atoms with van der Waals surface area (Å²) in [6.07, 6.45) is 4.13. The van der Waals surface area contributed by atoms with Crippen molar-refractivity contribution in [3.8, 4) is 0 Å². The number of hydrogen-bond donors (Lipinski definition) is 2. The van der Waals surface area contributed by atoms with E-state index in [1.807, 2.05) is 0 Å². The Labute approximate surface area is 109 Å². The Morgan fingerprint density at radius 3 is 3.29 bits per heavy atom. The third kappa shape index (κ3) is 3.29. The molecule has 1 unspecified atom stereocenters. The number of nitrogens with zero attached hydrogens (tertiary/aromatic N) is 2. The van der Waals surface area contributed by atoms with Crippen molar-refractivity contribution in [1.29, 1.82) is 0 Å². The van der Waals surface area contributed by atoms with E-state index < -0.39 is 0 Å². The summed E-state index contributed by atoms with van der Waals surface area (Å²) in [5.41, 5.74) is 0.567. The average Bonchev–Trinajstić information content (AvgIpc) is 2.31. The fraction of sp³-hybridized carbons (Fsp3) is 0.636. The van der Waals surface area contributed by atoms with E-state index in [0.29, 0.717) is 10.4 Å². The summed E-state index contributed by atoms with van der Waals surface area (Å²) < 4.78 is 0.525. The molecule has 0 bridgehead atoms. The number of rotatable bonds is 3. The van der Waals surface area contributed by atoms with Crippen molar-refractivity contribution in [2.75, 3.05) is 32.0 Å². The van der Waals surface area contributed by atoms with Gasteiger partial charge in [0.05, 0.1) is 11.9 Å². The highest BCUT2D eigenvalue weighted by molar-refractivity contribution is 9.10. The second-order valence-corrected chi connectivity index (χ2v) is 5.37. The van der Waals surface area contributed by atoms with Crippen molar-refractivity contribution < 1.29 is 0 Å². The van der Waals surface area contributed by atoms with Crippen LogP contribution in [0, 0.1) is 5.92 Å². The maximum atomic E-state index is 11.3. The highest BCUT2D eigenvalue weighted by atomic mass is 79.9. The summed E-state index contributed by atoms with van der Waals surface area (Å²) in [7, 11) is 2.15. The SMILES string of the molecule is CN1CCCC(CNc2cn[nH]c(=O)c2Br)C1. The molecule has 1 aliphatic rings. The Bertz CT molecular complexity index is 434. The number of piperidine rings is 1. The lowest BCUT2D eigenvalue weighted by molar-refractivity contribution is 0.217. The molecule has 2 rings (SSSR count). The van der Waals surface area contributed by atoms with Crippen molar-refractivity contribution in [3.05, 3.63) is 21.0 Å². The van der Waals surface area contributed by atoms with Gasteiger partial charge in [-0.05, 0) is 48.3 Å². The molecule has 0 radical (unpaired) electrons. The van der Waals surface area contributed by atoms with E-state index in [-0.39, 0.29) is 5.56 Å². The lowest BCUT2D eigenvalue weighted by Crippen LogP contribution is -2.35. The Balaban J connectivity index is 1.93. The lowest BCUT2D eigenvalue weighted by Gasteiger charge is -2.29. The standard InChI is InChI=1S/C11H17BrN4O/c1-16-4-2-3-8(7-16)5-13-9-6-14-15-11(17)10(9)12/h6,8H,2-5,7H2,1H3,(H2,13,15,17). The van der Waals surface area contributed by atoms with Gasteiger partial charge < -0.3 is 10.2 Å². The zero-order valence-corrected chi connectivity index (χ0v) is 11.5. The van der Waals surface area contributed by atoms with Crippen molar-refractivity contribution in [2.45, 2.75) is 12.8 Å². The second kappa shape index (κ2) is 5.64. The minimum atomic E-state index is -0.198. The van der Waals surface area contributed by atoms with Gasteiger partial charge in [0.1, 0.15) is 4.47 Å². The van der Waals surface area contributed by atoms with E-state index in [1.54, 1.807) is 6.20 Å². The van der Waals surface area contributed by atoms with E-state index in [1.165, 1.54) is 19.4 Å². The number of anilines is 1. The minimum Gasteiger partial charge on any atom is -0.382 e. The van der Waals surface area contributed by atoms with Crippen LogP contribution in [0.2, 0.25) is 0 Å². The smallest absolute Gasteiger partial charge is 0.280 e. The fourth-order valence-corrected chi connectivity index (χ4v) is 2.53. The molecule has 6 heteroatoms. The molecule has 17 heavy (non-hydrogen) atoms. The van der Waals surface area contributed by atoms with E-state index in [0.717, 1.165) is 18.8 Å². The molecule has 1 fully saturated rings. The van der Waals surface area contributed by atoms with Gasteiger partial charge in [-0.2, -0.15) is 5.10 Å². The Morgan fingerprint density at radius 2 is 2.53 bits per heavy atom. The zero-order valence-electron chi connectivity index (χ0n) is 9.87. The maximum absolute atomic E-state index is 11.3. The normalized spacial score (nSPS) is 21.4. The molecule has 0 spiro atoms. The second-order valence-electron chi connectivity index (χ2n) is 4.58. The molecule has 1 aliphatic heterocycles. The van der Waals surface area contributed by atoms with Crippen LogP contribution in [0.4, 0.5) is 5.69 Å². The van der Waals surface area contributed by atoms with Crippen LogP contribution in [-0.2, 0) is 0 Å². The Morgan fingerprint density at radius 1 is 1.71 bits per heavy atom. The summed E-state index contributed by atoms with van der Waals surface area (Å²) in [4.78, 5) is 13.7. The van der Waals surface area contributed by atoms with Crippen LogP contribution >= 0.6 is 15.9 Å². The first-order valence-corrected chi connectivity index (χ1v) is 6.61. The molecule has 5 nitrogen and oxygen atoms in total. The third-order valence-electron chi connectivity index (χ3n) is 3.10. The molecule has 2 N–H and O–H groups in total. The first-order valence-electron chi connectivity index (χ1n) is 5.82. The Kier molecular flexibility index (Phi) is 4.17. The predicted molar refractivity (Wildman–Crippen MR) is 71.3 cm³/mol. The van der Waals surface area contributed by atoms with Crippen molar-refractivity contribution in [1.82, 2.24) is 15.1 Å². The lowest BCUT2D eigenvalue weighted by atomic mass is 9.98. The van der Waals surface area contributed by atoms with Gasteiger partial charge in [-0.25, -0.2) is 5.10 Å². The number of halogens is 1. The van der Waals surface area contributed by atoms with Gasteiger partial charge >= 0.3 is 0 Å². The van der Waals surface area contributed by atoms with E-state index in [4.69, 9.17) is 0 Å². The van der Waals surface area contributed by atoms with Crippen LogP contribution in [0.15, 0.2) is 15.5 Å². The molecule has 0 aliphatic carbocycles. The van der Waals surface area contributed by atoms with Gasteiger partial charge in [0, 0.05) is 13.1 Å². The first-order chi connectivity index (χ1) is 8.16. The van der Waals surface area contributed by atoms with Gasteiger partial charge in [-0.3, -0.25) is 4.79 Å². The fourth-order valence-electron chi connectivity index (χ4n) is 2.20. The topological polar surface area (TPSA) is 61.0 Å². The highest BCUT2D eigenvalue weighted by Crippen LogP contribution is 2.19. The van der Waals surface area contributed by atoms with Gasteiger partial charge in [0.25, 0.3) is 5.56 Å². The number of aromatic amines is 1.